The van der Waals surface area contributed by atoms with E-state index in [0.717, 1.165) is 16.9 Å². The molecule has 0 amide bonds. The van der Waals surface area contributed by atoms with Crippen LogP contribution >= 0.6 is 23.1 Å². The first kappa shape index (κ1) is 20.5. The van der Waals surface area contributed by atoms with E-state index in [0.29, 0.717) is 38.5 Å². The molecule has 9 heteroatoms. The zero-order chi connectivity index (χ0) is 22.1. The maximum absolute atomic E-state index is 13.2. The van der Waals surface area contributed by atoms with E-state index < -0.39 is 0 Å². The average Bonchev–Trinajstić information content (AvgIpc) is 3.48. The molecular weight excluding hydrogens is 444 g/mol. The quantitative estimate of drug-likeness (QED) is 0.256. The second-order valence-corrected chi connectivity index (χ2v) is 8.84. The molecule has 0 fully saturated rings. The minimum absolute atomic E-state index is 0.108. The molecule has 0 saturated heterocycles. The number of nitrogens with zero attached hydrogens (tertiary/aromatic N) is 4. The first-order chi connectivity index (χ1) is 15.6. The van der Waals surface area contributed by atoms with Gasteiger partial charge in [-0.1, -0.05) is 41.2 Å². The molecule has 0 N–H and O–H groups in total. The Morgan fingerprint density at radius 2 is 1.91 bits per heavy atom. The molecule has 7 nitrogen and oxygen atoms in total. The Kier molecular flexibility index (Phi) is 5.50. The number of ether oxygens (including phenoxy) is 1. The van der Waals surface area contributed by atoms with Gasteiger partial charge < -0.3 is 9.26 Å². The fourth-order valence-corrected chi connectivity index (χ4v) is 4.93. The van der Waals surface area contributed by atoms with Crippen LogP contribution in [0.4, 0.5) is 0 Å². The molecule has 5 rings (SSSR count). The molecule has 0 aliphatic heterocycles. The highest BCUT2D eigenvalue weighted by Crippen LogP contribution is 2.27. The molecule has 3 heterocycles. The Labute approximate surface area is 191 Å². The molecule has 0 unspecified atom stereocenters. The Morgan fingerprint density at radius 3 is 2.69 bits per heavy atom. The lowest BCUT2D eigenvalue weighted by molar-refractivity contribution is 0.391. The lowest BCUT2D eigenvalue weighted by Crippen LogP contribution is -2.20. The Morgan fingerprint density at radius 1 is 1.09 bits per heavy atom. The fourth-order valence-electron chi connectivity index (χ4n) is 3.32. The minimum atomic E-state index is -0.108. The molecule has 160 valence electrons. The molecule has 32 heavy (non-hydrogen) atoms. The summed E-state index contributed by atoms with van der Waals surface area (Å²) in [6, 6.07) is 17.1. The summed E-state index contributed by atoms with van der Waals surface area (Å²) in [7, 11) is 1.61. The Hall–Kier alpha value is -3.43. The topological polar surface area (TPSA) is 83.0 Å². The third-order valence-corrected chi connectivity index (χ3v) is 6.77. The van der Waals surface area contributed by atoms with Gasteiger partial charge in [0.05, 0.1) is 24.1 Å². The highest BCUT2D eigenvalue weighted by Gasteiger charge is 2.17. The van der Waals surface area contributed by atoms with E-state index in [-0.39, 0.29) is 5.56 Å². The van der Waals surface area contributed by atoms with Gasteiger partial charge in [0.25, 0.3) is 5.56 Å². The van der Waals surface area contributed by atoms with Gasteiger partial charge in [-0.2, -0.15) is 4.98 Å². The molecule has 0 bridgehead atoms. The molecule has 0 saturated carbocycles. The predicted octanol–water partition coefficient (Wildman–Crippen LogP) is 5.11. The largest absolute Gasteiger partial charge is 0.497 e. The summed E-state index contributed by atoms with van der Waals surface area (Å²) in [6.45, 7) is 2.01. The number of aryl methyl sites for hydroxylation is 1. The highest BCUT2D eigenvalue weighted by molar-refractivity contribution is 7.98. The number of rotatable bonds is 6. The van der Waals surface area contributed by atoms with E-state index in [1.807, 2.05) is 66.9 Å². The maximum atomic E-state index is 13.2. The normalized spacial score (nSPS) is 11.2. The summed E-state index contributed by atoms with van der Waals surface area (Å²) in [5.74, 6) is 2.12. The van der Waals surface area contributed by atoms with Crippen molar-refractivity contribution in [3.63, 3.8) is 0 Å². The first-order valence-corrected chi connectivity index (χ1v) is 11.7. The summed E-state index contributed by atoms with van der Waals surface area (Å²) < 4.78 is 12.9. The van der Waals surface area contributed by atoms with Gasteiger partial charge in [-0.25, -0.2) is 4.98 Å². The van der Waals surface area contributed by atoms with Crippen molar-refractivity contribution >= 4 is 33.3 Å². The maximum Gasteiger partial charge on any atom is 0.276 e. The van der Waals surface area contributed by atoms with E-state index >= 15 is 0 Å². The fraction of sp³-hybridized carbons (Fsp3) is 0.130. The van der Waals surface area contributed by atoms with Gasteiger partial charge >= 0.3 is 0 Å². The number of hydrogen-bond acceptors (Lipinski definition) is 8. The first-order valence-electron chi connectivity index (χ1n) is 9.80. The summed E-state index contributed by atoms with van der Waals surface area (Å²) in [4.78, 5) is 22.5. The summed E-state index contributed by atoms with van der Waals surface area (Å²) >= 11 is 2.76. The van der Waals surface area contributed by atoms with Gasteiger partial charge in [-0.15, -0.1) is 11.3 Å². The molecule has 2 aromatic carbocycles. The SMILES string of the molecule is COc1ccc(-n2c(SCc3nc(-c4ccccc4C)no3)nc3ccsc3c2=O)cc1. The number of hydrogen-bond donors (Lipinski definition) is 0. The van der Waals surface area contributed by atoms with E-state index in [1.165, 1.54) is 23.1 Å². The van der Waals surface area contributed by atoms with Crippen molar-refractivity contribution in [2.45, 2.75) is 17.8 Å². The van der Waals surface area contributed by atoms with Crippen LogP contribution in [0.3, 0.4) is 0 Å². The molecule has 0 aliphatic carbocycles. The zero-order valence-corrected chi connectivity index (χ0v) is 18.9. The second kappa shape index (κ2) is 8.60. The number of thioether (sulfide) groups is 1. The van der Waals surface area contributed by atoms with Crippen LogP contribution < -0.4 is 10.3 Å². The van der Waals surface area contributed by atoms with Crippen molar-refractivity contribution in [3.05, 3.63) is 81.8 Å². The number of benzene rings is 2. The standard InChI is InChI=1S/C23H18N4O3S2/c1-14-5-3-4-6-17(14)21-25-19(30-26-21)13-32-23-24-18-11-12-31-20(18)22(28)27(23)15-7-9-16(29-2)10-8-15/h3-12H,13H2,1-2H3. The van der Waals surface area contributed by atoms with Crippen molar-refractivity contribution in [1.82, 2.24) is 19.7 Å². The number of fused-ring (bicyclic) bond motifs is 1. The van der Waals surface area contributed by atoms with E-state index in [4.69, 9.17) is 14.2 Å². The third kappa shape index (κ3) is 3.80. The van der Waals surface area contributed by atoms with Crippen LogP contribution in [0.25, 0.3) is 27.3 Å². The van der Waals surface area contributed by atoms with Crippen LogP contribution in [0.2, 0.25) is 0 Å². The van der Waals surface area contributed by atoms with Crippen LogP contribution in [0.1, 0.15) is 11.5 Å². The van der Waals surface area contributed by atoms with Gasteiger partial charge in [-0.3, -0.25) is 9.36 Å². The highest BCUT2D eigenvalue weighted by atomic mass is 32.2. The smallest absolute Gasteiger partial charge is 0.276 e. The minimum Gasteiger partial charge on any atom is -0.497 e. The molecule has 0 radical (unpaired) electrons. The number of thiophene rings is 1. The Bertz CT molecular complexity index is 1450. The second-order valence-electron chi connectivity index (χ2n) is 6.98. The van der Waals surface area contributed by atoms with Crippen LogP contribution in [0.5, 0.6) is 5.75 Å². The molecule has 0 aliphatic rings. The van der Waals surface area contributed by atoms with Crippen LogP contribution in [0.15, 0.2) is 74.5 Å². The van der Waals surface area contributed by atoms with Crippen molar-refractivity contribution in [1.29, 1.82) is 0 Å². The van der Waals surface area contributed by atoms with Gasteiger partial charge in [0, 0.05) is 5.56 Å². The van der Waals surface area contributed by atoms with Crippen molar-refractivity contribution in [2.24, 2.45) is 0 Å². The van der Waals surface area contributed by atoms with E-state index in [1.54, 1.807) is 11.7 Å². The summed E-state index contributed by atoms with van der Waals surface area (Å²) in [6.07, 6.45) is 0. The molecular formula is C23H18N4O3S2. The lowest BCUT2D eigenvalue weighted by atomic mass is 10.1. The van der Waals surface area contributed by atoms with Crippen molar-refractivity contribution in [2.75, 3.05) is 7.11 Å². The number of methoxy groups -OCH3 is 1. The number of aromatic nitrogens is 4. The van der Waals surface area contributed by atoms with Crippen LogP contribution in [0, 0.1) is 6.92 Å². The van der Waals surface area contributed by atoms with E-state index in [9.17, 15) is 4.79 Å². The van der Waals surface area contributed by atoms with Crippen molar-refractivity contribution in [3.8, 4) is 22.8 Å². The monoisotopic (exact) mass is 462 g/mol. The molecule has 0 spiro atoms. The summed E-state index contributed by atoms with van der Waals surface area (Å²) in [5.41, 5.74) is 3.29. The van der Waals surface area contributed by atoms with Crippen LogP contribution in [-0.4, -0.2) is 26.8 Å². The zero-order valence-electron chi connectivity index (χ0n) is 17.3. The van der Waals surface area contributed by atoms with Gasteiger partial charge in [0.15, 0.2) is 5.16 Å². The summed E-state index contributed by atoms with van der Waals surface area (Å²) in [5, 5.41) is 6.55. The molecule has 0 atom stereocenters. The van der Waals surface area contributed by atoms with Gasteiger partial charge in [0.2, 0.25) is 11.7 Å². The lowest BCUT2D eigenvalue weighted by Gasteiger charge is -2.12. The van der Waals surface area contributed by atoms with Gasteiger partial charge in [0.1, 0.15) is 10.4 Å². The van der Waals surface area contributed by atoms with Crippen LogP contribution in [-0.2, 0) is 5.75 Å². The molecule has 3 aromatic heterocycles. The predicted molar refractivity (Wildman–Crippen MR) is 126 cm³/mol. The Balaban J connectivity index is 1.49. The third-order valence-electron chi connectivity index (χ3n) is 4.96. The van der Waals surface area contributed by atoms with Gasteiger partial charge in [-0.05, 0) is 48.2 Å². The van der Waals surface area contributed by atoms with Crippen molar-refractivity contribution < 1.29 is 9.26 Å². The average molecular weight is 463 g/mol. The van der Waals surface area contributed by atoms with E-state index in [2.05, 4.69) is 10.1 Å². The molecule has 5 aromatic rings.